The summed E-state index contributed by atoms with van der Waals surface area (Å²) in [6.07, 6.45) is 4.93. The molecule has 7 heteroatoms. The standard InChI is InChI=1S/C27H24Cl2N2O3/c1-5-33-26-17(4)27-21(22(14-34-27)19-8-7-18(28)11-23(19)29)12-20(26)16(3)10-25(32)31-24-9-6-15(2)13-30-24/h6-14H,5H2,1-4H3,(H,30,31,32)/b16-10+. The van der Waals surface area contributed by atoms with Gasteiger partial charge in [0.05, 0.1) is 17.9 Å². The maximum absolute atomic E-state index is 12.7. The van der Waals surface area contributed by atoms with E-state index < -0.39 is 0 Å². The Morgan fingerprint density at radius 2 is 1.94 bits per heavy atom. The molecule has 0 saturated heterocycles. The molecule has 4 rings (SSSR count). The van der Waals surface area contributed by atoms with E-state index in [1.807, 2.05) is 45.9 Å². The summed E-state index contributed by atoms with van der Waals surface area (Å²) in [6, 6.07) is 11.0. The summed E-state index contributed by atoms with van der Waals surface area (Å²) < 4.78 is 11.9. The Kier molecular flexibility index (Phi) is 6.96. The molecule has 4 aromatic rings. The van der Waals surface area contributed by atoms with Gasteiger partial charge in [0, 0.05) is 44.9 Å². The van der Waals surface area contributed by atoms with Crippen LogP contribution in [0.25, 0.3) is 27.7 Å². The van der Waals surface area contributed by atoms with Crippen molar-refractivity contribution in [1.82, 2.24) is 4.98 Å². The summed E-state index contributed by atoms with van der Waals surface area (Å²) in [4.78, 5) is 16.9. The SMILES string of the molecule is CCOc1c(/C(C)=C/C(=O)Nc2ccc(C)cn2)cc2c(-c3ccc(Cl)cc3Cl)coc2c1C. The van der Waals surface area contributed by atoms with E-state index in [0.29, 0.717) is 33.8 Å². The Bertz CT molecular complexity index is 1410. The number of allylic oxidation sites excluding steroid dienone is 1. The number of halogens is 2. The van der Waals surface area contributed by atoms with Crippen LogP contribution in [0.3, 0.4) is 0 Å². The highest BCUT2D eigenvalue weighted by Gasteiger charge is 2.20. The van der Waals surface area contributed by atoms with Crippen LogP contribution < -0.4 is 10.1 Å². The van der Waals surface area contributed by atoms with Crippen molar-refractivity contribution < 1.29 is 13.9 Å². The zero-order valence-corrected chi connectivity index (χ0v) is 20.8. The second-order valence-corrected chi connectivity index (χ2v) is 8.84. The molecule has 2 aromatic carbocycles. The van der Waals surface area contributed by atoms with E-state index in [1.165, 1.54) is 0 Å². The Morgan fingerprint density at radius 1 is 1.15 bits per heavy atom. The van der Waals surface area contributed by atoms with Gasteiger partial charge in [0.1, 0.15) is 17.2 Å². The van der Waals surface area contributed by atoms with Gasteiger partial charge in [-0.25, -0.2) is 4.98 Å². The van der Waals surface area contributed by atoms with Gasteiger partial charge < -0.3 is 14.5 Å². The number of benzene rings is 2. The number of carbonyl (C=O) groups is 1. The van der Waals surface area contributed by atoms with Crippen LogP contribution in [-0.2, 0) is 4.79 Å². The molecule has 174 valence electrons. The average molecular weight is 495 g/mol. The minimum Gasteiger partial charge on any atom is -0.493 e. The Labute approximate surface area is 208 Å². The van der Waals surface area contributed by atoms with Crippen LogP contribution in [0.4, 0.5) is 5.82 Å². The van der Waals surface area contributed by atoms with Crippen LogP contribution in [0, 0.1) is 13.8 Å². The molecule has 0 bridgehead atoms. The second-order valence-electron chi connectivity index (χ2n) is 8.00. The Morgan fingerprint density at radius 3 is 2.62 bits per heavy atom. The lowest BCUT2D eigenvalue weighted by Gasteiger charge is -2.15. The summed E-state index contributed by atoms with van der Waals surface area (Å²) >= 11 is 12.6. The van der Waals surface area contributed by atoms with E-state index in [-0.39, 0.29) is 5.91 Å². The summed E-state index contributed by atoms with van der Waals surface area (Å²) in [5.41, 5.74) is 5.76. The number of furan rings is 1. The molecule has 2 heterocycles. The van der Waals surface area contributed by atoms with Gasteiger partial charge in [-0.2, -0.15) is 0 Å². The van der Waals surface area contributed by atoms with Gasteiger partial charge in [-0.15, -0.1) is 0 Å². The molecule has 0 unspecified atom stereocenters. The molecule has 0 radical (unpaired) electrons. The number of fused-ring (bicyclic) bond motifs is 1. The van der Waals surface area contributed by atoms with Gasteiger partial charge in [-0.3, -0.25) is 4.79 Å². The lowest BCUT2D eigenvalue weighted by Crippen LogP contribution is -2.10. The maximum atomic E-state index is 12.7. The largest absolute Gasteiger partial charge is 0.493 e. The fourth-order valence-electron chi connectivity index (χ4n) is 3.83. The molecule has 0 aliphatic heterocycles. The van der Waals surface area contributed by atoms with Crippen molar-refractivity contribution in [2.24, 2.45) is 0 Å². The molecular formula is C27H24Cl2N2O3. The zero-order valence-electron chi connectivity index (χ0n) is 19.3. The molecule has 0 saturated carbocycles. The molecule has 1 N–H and O–H groups in total. The van der Waals surface area contributed by atoms with Crippen LogP contribution in [-0.4, -0.2) is 17.5 Å². The third kappa shape index (κ3) is 4.81. The topological polar surface area (TPSA) is 64.4 Å². The number of hydrogen-bond donors (Lipinski definition) is 1. The van der Waals surface area contributed by atoms with Crippen molar-refractivity contribution in [3.05, 3.63) is 81.7 Å². The number of pyridine rings is 1. The first kappa shape index (κ1) is 23.9. The molecule has 0 spiro atoms. The minimum absolute atomic E-state index is 0.276. The smallest absolute Gasteiger partial charge is 0.249 e. The van der Waals surface area contributed by atoms with Crippen molar-refractivity contribution in [3.8, 4) is 16.9 Å². The summed E-state index contributed by atoms with van der Waals surface area (Å²) in [7, 11) is 0. The first-order valence-electron chi connectivity index (χ1n) is 10.8. The first-order chi connectivity index (χ1) is 16.3. The van der Waals surface area contributed by atoms with Crippen molar-refractivity contribution in [3.63, 3.8) is 0 Å². The number of anilines is 1. The van der Waals surface area contributed by atoms with E-state index in [4.69, 9.17) is 32.4 Å². The van der Waals surface area contributed by atoms with Crippen molar-refractivity contribution in [2.45, 2.75) is 27.7 Å². The van der Waals surface area contributed by atoms with E-state index in [2.05, 4.69) is 10.3 Å². The molecule has 5 nitrogen and oxygen atoms in total. The van der Waals surface area contributed by atoms with E-state index in [1.54, 1.807) is 36.7 Å². The Hall–Kier alpha value is -3.28. The Balaban J connectivity index is 1.79. The number of nitrogens with one attached hydrogen (secondary N) is 1. The zero-order chi connectivity index (χ0) is 24.4. The van der Waals surface area contributed by atoms with Gasteiger partial charge >= 0.3 is 0 Å². The predicted octanol–water partition coefficient (Wildman–Crippen LogP) is 7.86. The fourth-order valence-corrected chi connectivity index (χ4v) is 4.34. The van der Waals surface area contributed by atoms with Crippen molar-refractivity contribution in [1.29, 1.82) is 0 Å². The number of aromatic nitrogens is 1. The van der Waals surface area contributed by atoms with Crippen LogP contribution in [0.15, 0.2) is 59.4 Å². The third-order valence-corrected chi connectivity index (χ3v) is 6.04. The second kappa shape index (κ2) is 9.92. The minimum atomic E-state index is -0.276. The van der Waals surface area contributed by atoms with Crippen LogP contribution >= 0.6 is 23.2 Å². The maximum Gasteiger partial charge on any atom is 0.249 e. The molecule has 0 atom stereocenters. The summed E-state index contributed by atoms with van der Waals surface area (Å²) in [5.74, 6) is 0.890. The van der Waals surface area contributed by atoms with Gasteiger partial charge in [0.25, 0.3) is 0 Å². The summed E-state index contributed by atoms with van der Waals surface area (Å²) in [5, 5.41) is 4.76. The monoisotopic (exact) mass is 494 g/mol. The van der Waals surface area contributed by atoms with E-state index in [9.17, 15) is 4.79 Å². The molecule has 0 aliphatic carbocycles. The molecule has 1 amide bonds. The van der Waals surface area contributed by atoms with Crippen LogP contribution in [0.1, 0.15) is 30.5 Å². The van der Waals surface area contributed by atoms with Gasteiger partial charge in [-0.1, -0.05) is 35.3 Å². The van der Waals surface area contributed by atoms with Gasteiger partial charge in [-0.05, 0) is 63.1 Å². The van der Waals surface area contributed by atoms with E-state index in [0.717, 1.165) is 38.8 Å². The number of amides is 1. The van der Waals surface area contributed by atoms with Crippen molar-refractivity contribution in [2.75, 3.05) is 11.9 Å². The highest BCUT2D eigenvalue weighted by atomic mass is 35.5. The highest BCUT2D eigenvalue weighted by Crippen LogP contribution is 2.42. The number of rotatable bonds is 6. The highest BCUT2D eigenvalue weighted by molar-refractivity contribution is 6.36. The molecule has 0 fully saturated rings. The quantitative estimate of drug-likeness (QED) is 0.277. The third-order valence-electron chi connectivity index (χ3n) is 5.49. The number of nitrogens with zero attached hydrogens (tertiary/aromatic N) is 1. The lowest BCUT2D eigenvalue weighted by molar-refractivity contribution is -0.111. The normalized spacial score (nSPS) is 11.6. The molecular weight excluding hydrogens is 471 g/mol. The average Bonchev–Trinajstić information content (AvgIpc) is 3.21. The van der Waals surface area contributed by atoms with Gasteiger partial charge in [0.2, 0.25) is 5.91 Å². The van der Waals surface area contributed by atoms with E-state index >= 15 is 0 Å². The molecule has 0 aliphatic rings. The molecule has 2 aromatic heterocycles. The number of hydrogen-bond acceptors (Lipinski definition) is 4. The van der Waals surface area contributed by atoms with Crippen LogP contribution in [0.5, 0.6) is 5.75 Å². The lowest BCUT2D eigenvalue weighted by atomic mass is 9.96. The summed E-state index contributed by atoms with van der Waals surface area (Å²) in [6.45, 7) is 8.15. The van der Waals surface area contributed by atoms with Gasteiger partial charge in [0.15, 0.2) is 0 Å². The number of aryl methyl sites for hydroxylation is 2. The number of carbonyl (C=O) groups excluding carboxylic acids is 1. The first-order valence-corrected chi connectivity index (χ1v) is 11.6. The predicted molar refractivity (Wildman–Crippen MR) is 139 cm³/mol. The fraction of sp³-hybridized carbons (Fsp3) is 0.185. The molecule has 34 heavy (non-hydrogen) atoms. The van der Waals surface area contributed by atoms with Crippen molar-refractivity contribution >= 4 is 51.5 Å². The number of ether oxygens (including phenoxy) is 1. The van der Waals surface area contributed by atoms with Crippen LogP contribution in [0.2, 0.25) is 10.0 Å².